The molecule has 3 aliphatic rings. The van der Waals surface area contributed by atoms with Gasteiger partial charge in [0.1, 0.15) is 5.69 Å². The first-order chi connectivity index (χ1) is 11.3. The van der Waals surface area contributed by atoms with Crippen molar-refractivity contribution in [2.45, 2.75) is 56.7 Å². The molecule has 1 saturated carbocycles. The Balaban J connectivity index is 1.29. The zero-order valence-corrected chi connectivity index (χ0v) is 13.7. The van der Waals surface area contributed by atoms with Crippen LogP contribution in [0, 0.1) is 0 Å². The van der Waals surface area contributed by atoms with Crippen LogP contribution in [0.5, 0.6) is 0 Å². The largest absolute Gasteiger partial charge is 0.348 e. The van der Waals surface area contributed by atoms with Crippen molar-refractivity contribution in [1.29, 1.82) is 0 Å². The van der Waals surface area contributed by atoms with Crippen molar-refractivity contribution in [1.82, 2.24) is 25.3 Å². The SMILES string of the molecule is O=C(NC1CCN(C2CC2)CC1)c1ccn(C2CCCNC2)n1. The van der Waals surface area contributed by atoms with Crippen molar-refractivity contribution < 1.29 is 4.79 Å². The second-order valence-electron chi connectivity index (χ2n) is 7.20. The highest BCUT2D eigenvalue weighted by Gasteiger charge is 2.32. The maximum Gasteiger partial charge on any atom is 0.271 e. The van der Waals surface area contributed by atoms with Crippen LogP contribution in [0.25, 0.3) is 0 Å². The fourth-order valence-electron chi connectivity index (χ4n) is 3.83. The maximum atomic E-state index is 12.4. The van der Waals surface area contributed by atoms with Gasteiger partial charge in [0.2, 0.25) is 0 Å². The van der Waals surface area contributed by atoms with Gasteiger partial charge < -0.3 is 15.5 Å². The normalized spacial score (nSPS) is 27.0. The summed E-state index contributed by atoms with van der Waals surface area (Å²) in [6.45, 7) is 4.28. The summed E-state index contributed by atoms with van der Waals surface area (Å²) >= 11 is 0. The molecule has 1 unspecified atom stereocenters. The molecule has 2 N–H and O–H groups in total. The van der Waals surface area contributed by atoms with Crippen molar-refractivity contribution in [3.63, 3.8) is 0 Å². The Hall–Kier alpha value is -1.40. The summed E-state index contributed by atoms with van der Waals surface area (Å²) in [5, 5.41) is 11.1. The molecule has 2 saturated heterocycles. The Bertz CT molecular complexity index is 539. The molecule has 126 valence electrons. The van der Waals surface area contributed by atoms with E-state index in [1.165, 1.54) is 19.3 Å². The molecular weight excluding hydrogens is 290 g/mol. The van der Waals surface area contributed by atoms with Gasteiger partial charge in [0, 0.05) is 37.9 Å². The highest BCUT2D eigenvalue weighted by Crippen LogP contribution is 2.29. The van der Waals surface area contributed by atoms with Gasteiger partial charge in [-0.25, -0.2) is 0 Å². The van der Waals surface area contributed by atoms with Crippen LogP contribution in [0.1, 0.15) is 55.1 Å². The second-order valence-corrected chi connectivity index (χ2v) is 7.20. The predicted octanol–water partition coefficient (Wildman–Crippen LogP) is 1.16. The molecular formula is C17H27N5O. The van der Waals surface area contributed by atoms with Crippen LogP contribution in [0.15, 0.2) is 12.3 Å². The van der Waals surface area contributed by atoms with Crippen LogP contribution in [0.2, 0.25) is 0 Å². The molecule has 0 radical (unpaired) electrons. The fraction of sp³-hybridized carbons (Fsp3) is 0.765. The lowest BCUT2D eigenvalue weighted by Crippen LogP contribution is -2.45. The van der Waals surface area contributed by atoms with Gasteiger partial charge in [-0.2, -0.15) is 5.10 Å². The number of carbonyl (C=O) groups excluding carboxylic acids is 1. The van der Waals surface area contributed by atoms with Gasteiger partial charge in [-0.3, -0.25) is 9.48 Å². The van der Waals surface area contributed by atoms with Gasteiger partial charge in [-0.1, -0.05) is 0 Å². The molecule has 4 rings (SSSR count). The molecule has 1 aromatic rings. The van der Waals surface area contributed by atoms with E-state index >= 15 is 0 Å². The molecule has 6 nitrogen and oxygen atoms in total. The van der Waals surface area contributed by atoms with E-state index in [1.807, 2.05) is 16.9 Å². The number of carbonyl (C=O) groups is 1. The number of nitrogens with zero attached hydrogens (tertiary/aromatic N) is 3. The van der Waals surface area contributed by atoms with Crippen molar-refractivity contribution >= 4 is 5.91 Å². The van der Waals surface area contributed by atoms with Gasteiger partial charge in [-0.05, 0) is 51.1 Å². The third-order valence-corrected chi connectivity index (χ3v) is 5.41. The summed E-state index contributed by atoms with van der Waals surface area (Å²) in [6, 6.07) is 3.38. The van der Waals surface area contributed by atoms with Gasteiger partial charge in [0.25, 0.3) is 5.91 Å². The van der Waals surface area contributed by atoms with Crippen LogP contribution >= 0.6 is 0 Å². The number of nitrogens with one attached hydrogen (secondary N) is 2. The topological polar surface area (TPSA) is 62.2 Å². The van der Waals surface area contributed by atoms with E-state index < -0.39 is 0 Å². The minimum atomic E-state index is -0.0163. The highest BCUT2D eigenvalue weighted by molar-refractivity contribution is 5.92. The summed E-state index contributed by atoms with van der Waals surface area (Å²) < 4.78 is 1.96. The standard InChI is InChI=1S/C17H27N5O/c23-17(19-13-5-9-21(10-6-13)14-3-4-14)16-7-11-22(20-16)15-2-1-8-18-12-15/h7,11,13-15,18H,1-6,8-10,12H2,(H,19,23). The summed E-state index contributed by atoms with van der Waals surface area (Å²) in [5.74, 6) is -0.0163. The molecule has 0 spiro atoms. The van der Waals surface area contributed by atoms with E-state index in [0.29, 0.717) is 17.8 Å². The van der Waals surface area contributed by atoms with E-state index in [1.54, 1.807) is 0 Å². The number of rotatable bonds is 4. The summed E-state index contributed by atoms with van der Waals surface area (Å²) in [7, 11) is 0. The van der Waals surface area contributed by atoms with E-state index in [9.17, 15) is 4.79 Å². The van der Waals surface area contributed by atoms with Crippen molar-refractivity contribution in [3.8, 4) is 0 Å². The van der Waals surface area contributed by atoms with Gasteiger partial charge in [0.15, 0.2) is 0 Å². The Labute approximate surface area is 137 Å². The highest BCUT2D eigenvalue weighted by atomic mass is 16.2. The maximum absolute atomic E-state index is 12.4. The number of amides is 1. The molecule has 3 fully saturated rings. The summed E-state index contributed by atoms with van der Waals surface area (Å²) in [6.07, 6.45) is 9.11. The smallest absolute Gasteiger partial charge is 0.271 e. The van der Waals surface area contributed by atoms with E-state index in [-0.39, 0.29) is 5.91 Å². The number of likely N-dealkylation sites (tertiary alicyclic amines) is 1. The molecule has 2 aliphatic heterocycles. The van der Waals surface area contributed by atoms with Crippen molar-refractivity contribution in [2.24, 2.45) is 0 Å². The minimum Gasteiger partial charge on any atom is -0.348 e. The van der Waals surface area contributed by atoms with Crippen LogP contribution < -0.4 is 10.6 Å². The predicted molar refractivity (Wildman–Crippen MR) is 88.5 cm³/mol. The van der Waals surface area contributed by atoms with E-state index in [2.05, 4.69) is 20.6 Å². The van der Waals surface area contributed by atoms with Crippen LogP contribution in [0.3, 0.4) is 0 Å². The first-order valence-electron chi connectivity index (χ1n) is 9.10. The quantitative estimate of drug-likeness (QED) is 0.875. The number of piperidine rings is 2. The van der Waals surface area contributed by atoms with Crippen molar-refractivity contribution in [2.75, 3.05) is 26.2 Å². The third-order valence-electron chi connectivity index (χ3n) is 5.41. The molecule has 0 bridgehead atoms. The summed E-state index contributed by atoms with van der Waals surface area (Å²) in [4.78, 5) is 15.0. The monoisotopic (exact) mass is 317 g/mol. The first-order valence-corrected chi connectivity index (χ1v) is 9.10. The van der Waals surface area contributed by atoms with E-state index in [0.717, 1.165) is 51.5 Å². The Morgan fingerprint density at radius 1 is 1.17 bits per heavy atom. The van der Waals surface area contributed by atoms with Crippen molar-refractivity contribution in [3.05, 3.63) is 18.0 Å². The Morgan fingerprint density at radius 2 is 2.00 bits per heavy atom. The molecule has 1 atom stereocenters. The molecule has 1 aliphatic carbocycles. The summed E-state index contributed by atoms with van der Waals surface area (Å²) in [5.41, 5.74) is 0.556. The van der Waals surface area contributed by atoms with E-state index in [4.69, 9.17) is 0 Å². The molecule has 1 aromatic heterocycles. The third kappa shape index (κ3) is 3.58. The second kappa shape index (κ2) is 6.61. The Kier molecular flexibility index (Phi) is 4.35. The minimum absolute atomic E-state index is 0.0163. The lowest BCUT2D eigenvalue weighted by molar-refractivity contribution is 0.0902. The van der Waals surface area contributed by atoms with Crippen LogP contribution in [-0.4, -0.2) is 58.9 Å². The Morgan fingerprint density at radius 3 is 2.70 bits per heavy atom. The average Bonchev–Trinajstić information content (AvgIpc) is 3.32. The molecule has 23 heavy (non-hydrogen) atoms. The lowest BCUT2D eigenvalue weighted by Gasteiger charge is -2.32. The fourth-order valence-corrected chi connectivity index (χ4v) is 3.83. The van der Waals surface area contributed by atoms with Crippen LogP contribution in [0.4, 0.5) is 0 Å². The molecule has 3 heterocycles. The van der Waals surface area contributed by atoms with Gasteiger partial charge in [0.05, 0.1) is 6.04 Å². The van der Waals surface area contributed by atoms with Crippen LogP contribution in [-0.2, 0) is 0 Å². The zero-order valence-electron chi connectivity index (χ0n) is 13.7. The molecule has 6 heteroatoms. The van der Waals surface area contributed by atoms with Gasteiger partial charge in [-0.15, -0.1) is 0 Å². The first kappa shape index (κ1) is 15.1. The lowest BCUT2D eigenvalue weighted by atomic mass is 10.0. The van der Waals surface area contributed by atoms with Gasteiger partial charge >= 0.3 is 0 Å². The molecule has 0 aromatic carbocycles. The number of aromatic nitrogens is 2. The average molecular weight is 317 g/mol. The number of hydrogen-bond acceptors (Lipinski definition) is 4. The zero-order chi connectivity index (χ0) is 15.6. The number of hydrogen-bond donors (Lipinski definition) is 2. The molecule has 1 amide bonds.